The fourth-order valence-corrected chi connectivity index (χ4v) is 6.52. The van der Waals surface area contributed by atoms with E-state index in [4.69, 9.17) is 16.3 Å². The number of carboxylic acids is 1. The number of aliphatic carboxylic acids is 1. The molecule has 1 heterocycles. The highest BCUT2D eigenvalue weighted by atomic mass is 35.5. The normalized spacial score (nSPS) is 19.5. The second kappa shape index (κ2) is 14.7. The maximum absolute atomic E-state index is 13.7. The molecule has 2 fully saturated rings. The number of ether oxygens (including phenoxy) is 1. The predicted molar refractivity (Wildman–Crippen MR) is 164 cm³/mol. The lowest BCUT2D eigenvalue weighted by atomic mass is 9.76. The van der Waals surface area contributed by atoms with Crippen molar-refractivity contribution in [2.45, 2.75) is 88.8 Å². The molecule has 4 atom stereocenters. The first-order valence-electron chi connectivity index (χ1n) is 15.1. The van der Waals surface area contributed by atoms with Gasteiger partial charge in [-0.3, -0.25) is 14.4 Å². The minimum absolute atomic E-state index is 0.227. The smallest absolute Gasteiger partial charge is 0.408 e. The van der Waals surface area contributed by atoms with E-state index in [0.29, 0.717) is 24.4 Å². The molecular weight excluding hydrogens is 570 g/mol. The third-order valence-corrected chi connectivity index (χ3v) is 8.99. The molecule has 2 unspecified atom stereocenters. The van der Waals surface area contributed by atoms with Crippen molar-refractivity contribution in [1.29, 1.82) is 0 Å². The summed E-state index contributed by atoms with van der Waals surface area (Å²) in [6.07, 6.45) is 4.08. The molecule has 9 nitrogen and oxygen atoms in total. The van der Waals surface area contributed by atoms with Gasteiger partial charge in [0.15, 0.2) is 0 Å². The van der Waals surface area contributed by atoms with Gasteiger partial charge >= 0.3 is 12.1 Å². The Balaban J connectivity index is 1.56. The zero-order valence-electron chi connectivity index (χ0n) is 24.8. The molecular formula is C33H42ClN3O6. The lowest BCUT2D eigenvalue weighted by molar-refractivity contribution is -0.138. The van der Waals surface area contributed by atoms with Gasteiger partial charge in [-0.2, -0.15) is 0 Å². The largest absolute Gasteiger partial charge is 0.481 e. The number of hydrogen-bond donors (Lipinski definition) is 4. The SMILES string of the molecule is CC(C)(c1cccc(Cl)c1)C(OC(=O)N[C@@H](CC1CCCCC1)C(=O)NC(CC(=O)O)[C@@H]1CCNC1=O)c1ccccc1. The molecule has 232 valence electrons. The highest BCUT2D eigenvalue weighted by molar-refractivity contribution is 6.30. The Morgan fingerprint density at radius 1 is 1.02 bits per heavy atom. The molecule has 2 aromatic rings. The molecule has 0 bridgehead atoms. The molecule has 43 heavy (non-hydrogen) atoms. The molecule has 4 rings (SSSR count). The van der Waals surface area contributed by atoms with E-state index in [1.165, 1.54) is 0 Å². The van der Waals surface area contributed by atoms with Crippen molar-refractivity contribution in [1.82, 2.24) is 16.0 Å². The van der Waals surface area contributed by atoms with Crippen molar-refractivity contribution in [3.05, 3.63) is 70.7 Å². The minimum atomic E-state index is -1.12. The van der Waals surface area contributed by atoms with E-state index in [2.05, 4.69) is 16.0 Å². The van der Waals surface area contributed by atoms with Gasteiger partial charge in [0.25, 0.3) is 0 Å². The van der Waals surface area contributed by atoms with Gasteiger partial charge in [-0.1, -0.05) is 100 Å². The first-order valence-corrected chi connectivity index (χ1v) is 15.5. The van der Waals surface area contributed by atoms with Gasteiger partial charge in [-0.25, -0.2) is 4.79 Å². The topological polar surface area (TPSA) is 134 Å². The Morgan fingerprint density at radius 2 is 1.74 bits per heavy atom. The van der Waals surface area contributed by atoms with Crippen molar-refractivity contribution in [2.24, 2.45) is 11.8 Å². The summed E-state index contributed by atoms with van der Waals surface area (Å²) < 4.78 is 6.12. The van der Waals surface area contributed by atoms with E-state index in [0.717, 1.165) is 43.2 Å². The van der Waals surface area contributed by atoms with Gasteiger partial charge in [0.2, 0.25) is 11.8 Å². The summed E-state index contributed by atoms with van der Waals surface area (Å²) in [6, 6.07) is 15.0. The number of alkyl carbamates (subject to hydrolysis) is 1. The highest BCUT2D eigenvalue weighted by Gasteiger charge is 2.39. The summed E-state index contributed by atoms with van der Waals surface area (Å²) in [5, 5.41) is 18.4. The first-order chi connectivity index (χ1) is 20.5. The monoisotopic (exact) mass is 611 g/mol. The molecule has 0 spiro atoms. The Morgan fingerprint density at radius 3 is 2.37 bits per heavy atom. The van der Waals surface area contributed by atoms with E-state index in [-0.39, 0.29) is 11.8 Å². The van der Waals surface area contributed by atoms with Gasteiger partial charge in [0.1, 0.15) is 12.1 Å². The zero-order valence-corrected chi connectivity index (χ0v) is 25.6. The Kier molecular flexibility index (Phi) is 11.1. The third kappa shape index (κ3) is 8.72. The summed E-state index contributed by atoms with van der Waals surface area (Å²) >= 11 is 6.31. The standard InChI is InChI=1S/C33H42ClN3O6/c1-33(2,23-14-9-15-24(34)19-23)29(22-12-7-4-8-13-22)43-32(42)37-27(18-21-10-5-3-6-11-21)31(41)36-26(20-28(38)39)25-16-17-35-30(25)40/h4,7-9,12-15,19,21,25-27,29H,3,5-6,10-11,16-18,20H2,1-2H3,(H,35,40)(H,36,41)(H,37,42)(H,38,39)/t25-,26?,27-,29?/m0/s1. The number of halogens is 1. The number of benzene rings is 2. The number of rotatable bonds is 12. The predicted octanol–water partition coefficient (Wildman–Crippen LogP) is 5.52. The lowest BCUT2D eigenvalue weighted by Crippen LogP contribution is -2.53. The molecule has 1 aliphatic heterocycles. The van der Waals surface area contributed by atoms with Crippen LogP contribution in [0.15, 0.2) is 54.6 Å². The van der Waals surface area contributed by atoms with Gasteiger partial charge < -0.3 is 25.8 Å². The molecule has 2 aromatic carbocycles. The van der Waals surface area contributed by atoms with E-state index in [9.17, 15) is 24.3 Å². The summed E-state index contributed by atoms with van der Waals surface area (Å²) in [4.78, 5) is 51.3. The molecule has 4 N–H and O–H groups in total. The van der Waals surface area contributed by atoms with Crippen LogP contribution in [-0.4, -0.2) is 47.6 Å². The number of carbonyl (C=O) groups excluding carboxylic acids is 3. The summed E-state index contributed by atoms with van der Waals surface area (Å²) in [6.45, 7) is 4.37. The lowest BCUT2D eigenvalue weighted by Gasteiger charge is -2.35. The second-order valence-electron chi connectivity index (χ2n) is 12.3. The number of carboxylic acid groups (broad SMARTS) is 1. The average molecular weight is 612 g/mol. The molecule has 10 heteroatoms. The third-order valence-electron chi connectivity index (χ3n) is 8.75. The number of carbonyl (C=O) groups is 4. The minimum Gasteiger partial charge on any atom is -0.481 e. The van der Waals surface area contributed by atoms with Gasteiger partial charge in [-0.05, 0) is 42.0 Å². The second-order valence-corrected chi connectivity index (χ2v) is 12.7. The Hall–Kier alpha value is -3.59. The zero-order chi connectivity index (χ0) is 31.0. The Labute approximate surface area is 258 Å². The molecule has 1 aliphatic carbocycles. The van der Waals surface area contributed by atoms with Crippen LogP contribution >= 0.6 is 11.6 Å². The van der Waals surface area contributed by atoms with Crippen molar-refractivity contribution >= 4 is 35.5 Å². The van der Waals surface area contributed by atoms with Crippen LogP contribution in [0.25, 0.3) is 0 Å². The van der Waals surface area contributed by atoms with Crippen molar-refractivity contribution in [3.8, 4) is 0 Å². The summed E-state index contributed by atoms with van der Waals surface area (Å²) in [5.74, 6) is -2.33. The number of amides is 3. The first kappa shape index (κ1) is 32.3. The number of hydrogen-bond acceptors (Lipinski definition) is 5. The van der Waals surface area contributed by atoms with Gasteiger partial charge in [0, 0.05) is 17.0 Å². The molecule has 1 saturated heterocycles. The van der Waals surface area contributed by atoms with Crippen LogP contribution in [0.4, 0.5) is 4.79 Å². The van der Waals surface area contributed by atoms with Crippen LogP contribution in [-0.2, 0) is 24.5 Å². The van der Waals surface area contributed by atoms with Gasteiger partial charge in [0.05, 0.1) is 18.4 Å². The molecule has 1 saturated carbocycles. The van der Waals surface area contributed by atoms with E-state index < -0.39 is 53.9 Å². The maximum atomic E-state index is 13.7. The molecule has 0 aromatic heterocycles. The van der Waals surface area contributed by atoms with E-state index in [1.807, 2.05) is 62.4 Å². The number of nitrogens with one attached hydrogen (secondary N) is 3. The van der Waals surface area contributed by atoms with Crippen LogP contribution in [0.3, 0.4) is 0 Å². The molecule has 2 aliphatic rings. The van der Waals surface area contributed by atoms with Crippen LogP contribution in [0.1, 0.15) is 82.4 Å². The van der Waals surface area contributed by atoms with Crippen LogP contribution in [0, 0.1) is 11.8 Å². The summed E-state index contributed by atoms with van der Waals surface area (Å²) in [5.41, 5.74) is 0.974. The van der Waals surface area contributed by atoms with Crippen molar-refractivity contribution in [2.75, 3.05) is 6.54 Å². The fourth-order valence-electron chi connectivity index (χ4n) is 6.33. The Bertz CT molecular complexity index is 1280. The maximum Gasteiger partial charge on any atom is 0.408 e. The van der Waals surface area contributed by atoms with Crippen molar-refractivity contribution in [3.63, 3.8) is 0 Å². The molecule has 3 amide bonds. The van der Waals surface area contributed by atoms with E-state index in [1.54, 1.807) is 6.07 Å². The average Bonchev–Trinajstić information content (AvgIpc) is 3.41. The summed E-state index contributed by atoms with van der Waals surface area (Å²) in [7, 11) is 0. The quantitative estimate of drug-likeness (QED) is 0.250. The van der Waals surface area contributed by atoms with Crippen LogP contribution in [0.5, 0.6) is 0 Å². The molecule has 0 radical (unpaired) electrons. The van der Waals surface area contributed by atoms with Crippen LogP contribution < -0.4 is 16.0 Å². The fraction of sp³-hybridized carbons (Fsp3) is 0.515. The van der Waals surface area contributed by atoms with Crippen LogP contribution in [0.2, 0.25) is 5.02 Å². The van der Waals surface area contributed by atoms with E-state index >= 15 is 0 Å². The highest BCUT2D eigenvalue weighted by Crippen LogP contribution is 2.40. The van der Waals surface area contributed by atoms with Gasteiger partial charge in [-0.15, -0.1) is 0 Å². The van der Waals surface area contributed by atoms with Crippen molar-refractivity contribution < 1.29 is 29.0 Å².